The Labute approximate surface area is 117 Å². The van der Waals surface area contributed by atoms with Crippen LogP contribution in [0.25, 0.3) is 0 Å². The topological polar surface area (TPSA) is 30.5 Å². The lowest BCUT2D eigenvalue weighted by Gasteiger charge is -2.20. The van der Waals surface area contributed by atoms with Crippen molar-refractivity contribution in [1.29, 1.82) is 0 Å². The first-order valence-corrected chi connectivity index (χ1v) is 6.97. The van der Waals surface area contributed by atoms with Crippen LogP contribution in [0.3, 0.4) is 0 Å². The van der Waals surface area contributed by atoms with Crippen LogP contribution in [-0.4, -0.2) is 32.4 Å². The Morgan fingerprint density at radius 1 is 1.11 bits per heavy atom. The molecule has 0 amide bonds. The van der Waals surface area contributed by atoms with Crippen LogP contribution < -0.4 is 10.1 Å². The highest BCUT2D eigenvalue weighted by molar-refractivity contribution is 5.33. The lowest BCUT2D eigenvalue weighted by atomic mass is 10.1. The van der Waals surface area contributed by atoms with Gasteiger partial charge in [0.1, 0.15) is 12.4 Å². The SMILES string of the molecule is COCCOc1ccccc1CCCNC(C)(C)C. The molecule has 3 heteroatoms. The number of benzene rings is 1. The summed E-state index contributed by atoms with van der Waals surface area (Å²) < 4.78 is 10.7. The van der Waals surface area contributed by atoms with Crippen molar-refractivity contribution in [2.24, 2.45) is 0 Å². The molecule has 0 aliphatic carbocycles. The van der Waals surface area contributed by atoms with Crippen molar-refractivity contribution in [3.8, 4) is 5.75 Å². The first kappa shape index (κ1) is 16.0. The first-order chi connectivity index (χ1) is 9.03. The van der Waals surface area contributed by atoms with E-state index in [1.165, 1.54) is 5.56 Å². The highest BCUT2D eigenvalue weighted by Crippen LogP contribution is 2.19. The normalized spacial score (nSPS) is 11.6. The Bertz CT molecular complexity index is 358. The van der Waals surface area contributed by atoms with Gasteiger partial charge >= 0.3 is 0 Å². The van der Waals surface area contributed by atoms with Crippen molar-refractivity contribution in [2.75, 3.05) is 26.9 Å². The van der Waals surface area contributed by atoms with Crippen LogP contribution in [0.15, 0.2) is 24.3 Å². The zero-order valence-corrected chi connectivity index (χ0v) is 12.7. The van der Waals surface area contributed by atoms with E-state index in [-0.39, 0.29) is 5.54 Å². The quantitative estimate of drug-likeness (QED) is 0.733. The average molecular weight is 265 g/mol. The van der Waals surface area contributed by atoms with E-state index in [0.717, 1.165) is 25.1 Å². The standard InChI is InChI=1S/C16H27NO2/c1-16(2,3)17-11-7-9-14-8-5-6-10-15(14)19-13-12-18-4/h5-6,8,10,17H,7,9,11-13H2,1-4H3. The largest absolute Gasteiger partial charge is 0.491 e. The fraction of sp³-hybridized carbons (Fsp3) is 0.625. The zero-order chi connectivity index (χ0) is 14.1. The second-order valence-corrected chi connectivity index (χ2v) is 5.73. The molecule has 0 spiro atoms. The van der Waals surface area contributed by atoms with Crippen molar-refractivity contribution in [1.82, 2.24) is 5.32 Å². The lowest BCUT2D eigenvalue weighted by molar-refractivity contribution is 0.145. The summed E-state index contributed by atoms with van der Waals surface area (Å²) in [5.41, 5.74) is 1.46. The number of hydrogen-bond donors (Lipinski definition) is 1. The Kier molecular flexibility index (Phi) is 6.89. The molecule has 0 heterocycles. The van der Waals surface area contributed by atoms with Gasteiger partial charge in [-0.05, 0) is 51.8 Å². The van der Waals surface area contributed by atoms with E-state index in [0.29, 0.717) is 13.2 Å². The van der Waals surface area contributed by atoms with Crippen molar-refractivity contribution in [2.45, 2.75) is 39.2 Å². The molecular formula is C16H27NO2. The molecule has 3 nitrogen and oxygen atoms in total. The van der Waals surface area contributed by atoms with Crippen molar-refractivity contribution >= 4 is 0 Å². The molecule has 0 radical (unpaired) electrons. The Hall–Kier alpha value is -1.06. The van der Waals surface area contributed by atoms with E-state index >= 15 is 0 Å². The van der Waals surface area contributed by atoms with Crippen LogP contribution in [0, 0.1) is 0 Å². The molecule has 1 aromatic rings. The fourth-order valence-corrected chi connectivity index (χ4v) is 1.83. The molecule has 1 aromatic carbocycles. The van der Waals surface area contributed by atoms with Gasteiger partial charge in [-0.2, -0.15) is 0 Å². The predicted molar refractivity (Wildman–Crippen MR) is 79.9 cm³/mol. The molecule has 108 valence electrons. The Morgan fingerprint density at radius 3 is 2.53 bits per heavy atom. The fourth-order valence-electron chi connectivity index (χ4n) is 1.83. The molecule has 1 rings (SSSR count). The van der Waals surface area contributed by atoms with Crippen LogP contribution in [0.4, 0.5) is 0 Å². The van der Waals surface area contributed by atoms with Crippen molar-refractivity contribution in [3.05, 3.63) is 29.8 Å². The van der Waals surface area contributed by atoms with E-state index in [4.69, 9.17) is 9.47 Å². The number of para-hydroxylation sites is 1. The Balaban J connectivity index is 2.39. The molecule has 1 N–H and O–H groups in total. The van der Waals surface area contributed by atoms with Gasteiger partial charge in [-0.1, -0.05) is 18.2 Å². The minimum absolute atomic E-state index is 0.189. The monoisotopic (exact) mass is 265 g/mol. The van der Waals surface area contributed by atoms with E-state index in [1.807, 2.05) is 12.1 Å². The predicted octanol–water partition coefficient (Wildman–Crippen LogP) is 3.03. The van der Waals surface area contributed by atoms with Gasteiger partial charge in [0.15, 0.2) is 0 Å². The maximum atomic E-state index is 5.73. The second-order valence-electron chi connectivity index (χ2n) is 5.73. The summed E-state index contributed by atoms with van der Waals surface area (Å²) in [5.74, 6) is 0.982. The molecule has 0 aromatic heterocycles. The number of nitrogens with one attached hydrogen (secondary N) is 1. The molecule has 0 saturated carbocycles. The molecule has 0 bridgehead atoms. The summed E-state index contributed by atoms with van der Waals surface area (Å²) in [4.78, 5) is 0. The third-order valence-electron chi connectivity index (χ3n) is 2.80. The minimum Gasteiger partial charge on any atom is -0.491 e. The van der Waals surface area contributed by atoms with E-state index in [1.54, 1.807) is 7.11 Å². The van der Waals surface area contributed by atoms with E-state index in [9.17, 15) is 0 Å². The van der Waals surface area contributed by atoms with Crippen molar-refractivity contribution in [3.63, 3.8) is 0 Å². The zero-order valence-electron chi connectivity index (χ0n) is 12.7. The molecule has 0 atom stereocenters. The van der Waals surface area contributed by atoms with Gasteiger partial charge in [-0.15, -0.1) is 0 Å². The summed E-state index contributed by atoms with van der Waals surface area (Å²) in [6.45, 7) is 8.82. The summed E-state index contributed by atoms with van der Waals surface area (Å²) in [5, 5.41) is 3.50. The molecule has 0 unspecified atom stereocenters. The number of methoxy groups -OCH3 is 1. The summed E-state index contributed by atoms with van der Waals surface area (Å²) in [6.07, 6.45) is 2.15. The molecule has 0 saturated heterocycles. The van der Waals surface area contributed by atoms with Crippen LogP contribution >= 0.6 is 0 Å². The van der Waals surface area contributed by atoms with Gasteiger partial charge in [-0.25, -0.2) is 0 Å². The summed E-state index contributed by atoms with van der Waals surface area (Å²) >= 11 is 0. The average Bonchev–Trinajstić information content (AvgIpc) is 2.35. The Morgan fingerprint density at radius 2 is 1.84 bits per heavy atom. The maximum absolute atomic E-state index is 5.73. The summed E-state index contributed by atoms with van der Waals surface area (Å²) in [6, 6.07) is 8.25. The van der Waals surface area contributed by atoms with Crippen LogP contribution in [0.2, 0.25) is 0 Å². The first-order valence-electron chi connectivity index (χ1n) is 6.97. The van der Waals surface area contributed by atoms with Gasteiger partial charge in [0.2, 0.25) is 0 Å². The number of rotatable bonds is 8. The van der Waals surface area contributed by atoms with Crippen molar-refractivity contribution < 1.29 is 9.47 Å². The molecule has 0 fully saturated rings. The van der Waals surface area contributed by atoms with Gasteiger partial charge in [0.05, 0.1) is 6.61 Å². The highest BCUT2D eigenvalue weighted by Gasteiger charge is 2.08. The van der Waals surface area contributed by atoms with E-state index < -0.39 is 0 Å². The smallest absolute Gasteiger partial charge is 0.122 e. The molecule has 0 aliphatic heterocycles. The van der Waals surface area contributed by atoms with Gasteiger partial charge in [0.25, 0.3) is 0 Å². The third kappa shape index (κ3) is 7.19. The number of ether oxygens (including phenoxy) is 2. The van der Waals surface area contributed by atoms with Gasteiger partial charge < -0.3 is 14.8 Å². The van der Waals surface area contributed by atoms with Crippen LogP contribution in [0.5, 0.6) is 5.75 Å². The van der Waals surface area contributed by atoms with Crippen LogP contribution in [0.1, 0.15) is 32.8 Å². The second kappa shape index (κ2) is 8.18. The van der Waals surface area contributed by atoms with Gasteiger partial charge in [0, 0.05) is 12.6 Å². The molecule has 19 heavy (non-hydrogen) atoms. The maximum Gasteiger partial charge on any atom is 0.122 e. The van der Waals surface area contributed by atoms with E-state index in [2.05, 4.69) is 38.2 Å². The molecular weight excluding hydrogens is 238 g/mol. The highest BCUT2D eigenvalue weighted by atomic mass is 16.5. The number of aryl methyl sites for hydroxylation is 1. The number of hydrogen-bond acceptors (Lipinski definition) is 3. The third-order valence-corrected chi connectivity index (χ3v) is 2.80. The summed E-state index contributed by atoms with van der Waals surface area (Å²) in [7, 11) is 1.69. The molecule has 0 aliphatic rings. The van der Waals surface area contributed by atoms with Gasteiger partial charge in [-0.3, -0.25) is 0 Å². The minimum atomic E-state index is 0.189. The van der Waals surface area contributed by atoms with Crippen LogP contribution in [-0.2, 0) is 11.2 Å². The lowest BCUT2D eigenvalue weighted by Crippen LogP contribution is -2.36.